The van der Waals surface area contributed by atoms with E-state index in [1.807, 2.05) is 30.9 Å². The number of hydrogen-bond acceptors (Lipinski definition) is 3. The highest BCUT2D eigenvalue weighted by Gasteiger charge is 2.05. The molecule has 4 heteroatoms. The number of aromatic nitrogens is 2. The molecule has 1 rings (SSSR count). The van der Waals surface area contributed by atoms with Crippen molar-refractivity contribution in [2.75, 3.05) is 13.6 Å². The van der Waals surface area contributed by atoms with Crippen LogP contribution in [0.25, 0.3) is 0 Å². The van der Waals surface area contributed by atoms with E-state index in [1.54, 1.807) is 0 Å². The van der Waals surface area contributed by atoms with Crippen LogP contribution >= 0.6 is 0 Å². The van der Waals surface area contributed by atoms with E-state index < -0.39 is 0 Å². The van der Waals surface area contributed by atoms with E-state index in [0.29, 0.717) is 0 Å². The maximum absolute atomic E-state index is 5.69. The van der Waals surface area contributed by atoms with E-state index in [4.69, 9.17) is 5.73 Å². The summed E-state index contributed by atoms with van der Waals surface area (Å²) in [6.07, 6.45) is 3.77. The second-order valence-corrected chi connectivity index (χ2v) is 3.63. The predicted molar refractivity (Wildman–Crippen MR) is 53.2 cm³/mol. The van der Waals surface area contributed by atoms with Crippen LogP contribution in [0.1, 0.15) is 12.7 Å². The number of nitrogens with zero attached hydrogens (tertiary/aromatic N) is 3. The van der Waals surface area contributed by atoms with Crippen LogP contribution in [0.15, 0.2) is 12.4 Å². The van der Waals surface area contributed by atoms with Crippen molar-refractivity contribution >= 4 is 0 Å². The van der Waals surface area contributed by atoms with Gasteiger partial charge in [-0.1, -0.05) is 0 Å². The summed E-state index contributed by atoms with van der Waals surface area (Å²) in [6, 6.07) is 0.213. The molecule has 0 aliphatic heterocycles. The van der Waals surface area contributed by atoms with Crippen LogP contribution < -0.4 is 5.73 Å². The van der Waals surface area contributed by atoms with E-state index in [0.717, 1.165) is 18.9 Å². The van der Waals surface area contributed by atoms with Crippen LogP contribution in [0.4, 0.5) is 0 Å². The van der Waals surface area contributed by atoms with Crippen molar-refractivity contribution in [3.8, 4) is 0 Å². The number of nitrogens with two attached hydrogens (primary N) is 1. The topological polar surface area (TPSA) is 47.1 Å². The molecule has 0 aliphatic carbocycles. The van der Waals surface area contributed by atoms with Gasteiger partial charge >= 0.3 is 0 Å². The maximum Gasteiger partial charge on any atom is 0.122 e. The molecule has 0 unspecified atom stereocenters. The SMILES string of the molecule is C[C@H](N)CN(C)Cc1nccn1C. The minimum atomic E-state index is 0.213. The highest BCUT2D eigenvalue weighted by atomic mass is 15.2. The third-order valence-corrected chi connectivity index (χ3v) is 1.93. The second-order valence-electron chi connectivity index (χ2n) is 3.63. The monoisotopic (exact) mass is 182 g/mol. The highest BCUT2D eigenvalue weighted by Crippen LogP contribution is 1.99. The molecule has 0 saturated heterocycles. The molecule has 4 nitrogen and oxygen atoms in total. The molecule has 1 atom stereocenters. The largest absolute Gasteiger partial charge is 0.337 e. The summed E-state index contributed by atoms with van der Waals surface area (Å²) < 4.78 is 2.03. The van der Waals surface area contributed by atoms with Gasteiger partial charge in [-0.25, -0.2) is 4.98 Å². The number of imidazole rings is 1. The van der Waals surface area contributed by atoms with Gasteiger partial charge in [0.1, 0.15) is 5.82 Å². The molecule has 0 saturated carbocycles. The third kappa shape index (κ3) is 3.16. The molecule has 1 aromatic heterocycles. The van der Waals surface area contributed by atoms with Crippen molar-refractivity contribution in [2.24, 2.45) is 12.8 Å². The number of hydrogen-bond donors (Lipinski definition) is 1. The average molecular weight is 182 g/mol. The minimum Gasteiger partial charge on any atom is -0.337 e. The Hall–Kier alpha value is -0.870. The second kappa shape index (κ2) is 4.39. The van der Waals surface area contributed by atoms with Gasteiger partial charge in [-0.2, -0.15) is 0 Å². The van der Waals surface area contributed by atoms with Crippen LogP contribution in [0.3, 0.4) is 0 Å². The number of aryl methyl sites for hydroxylation is 1. The van der Waals surface area contributed by atoms with Gasteiger partial charge in [0.15, 0.2) is 0 Å². The quantitative estimate of drug-likeness (QED) is 0.723. The predicted octanol–water partition coefficient (Wildman–Crippen LogP) is 0.199. The van der Waals surface area contributed by atoms with E-state index >= 15 is 0 Å². The van der Waals surface area contributed by atoms with E-state index in [1.165, 1.54) is 0 Å². The Morgan fingerprint density at radius 3 is 2.85 bits per heavy atom. The van der Waals surface area contributed by atoms with Crippen molar-refractivity contribution in [1.29, 1.82) is 0 Å². The summed E-state index contributed by atoms with van der Waals surface area (Å²) in [7, 11) is 4.06. The highest BCUT2D eigenvalue weighted by molar-refractivity contribution is 4.90. The number of likely N-dealkylation sites (N-methyl/N-ethyl adjacent to an activating group) is 1. The van der Waals surface area contributed by atoms with Gasteiger partial charge in [0, 0.05) is 32.0 Å². The molecule has 0 aliphatic rings. The lowest BCUT2D eigenvalue weighted by Gasteiger charge is -2.18. The summed E-state index contributed by atoms with van der Waals surface area (Å²) in [4.78, 5) is 6.42. The first-order valence-corrected chi connectivity index (χ1v) is 4.50. The molecule has 0 spiro atoms. The number of rotatable bonds is 4. The molecule has 2 N–H and O–H groups in total. The van der Waals surface area contributed by atoms with Crippen molar-refractivity contribution in [3.05, 3.63) is 18.2 Å². The van der Waals surface area contributed by atoms with Gasteiger partial charge in [-0.05, 0) is 14.0 Å². The summed E-state index contributed by atoms with van der Waals surface area (Å²) in [5, 5.41) is 0. The lowest BCUT2D eigenvalue weighted by atomic mass is 10.3. The molecule has 0 fully saturated rings. The van der Waals surface area contributed by atoms with Crippen LogP contribution in [0.5, 0.6) is 0 Å². The van der Waals surface area contributed by atoms with Crippen molar-refractivity contribution in [3.63, 3.8) is 0 Å². The van der Waals surface area contributed by atoms with Crippen molar-refractivity contribution < 1.29 is 0 Å². The van der Waals surface area contributed by atoms with Crippen molar-refractivity contribution in [1.82, 2.24) is 14.5 Å². The molecule has 0 radical (unpaired) electrons. The Bertz CT molecular complexity index is 254. The fourth-order valence-electron chi connectivity index (χ4n) is 1.35. The van der Waals surface area contributed by atoms with Crippen LogP contribution in [-0.4, -0.2) is 34.1 Å². The van der Waals surface area contributed by atoms with E-state index in [2.05, 4.69) is 16.9 Å². The van der Waals surface area contributed by atoms with Crippen LogP contribution in [0, 0.1) is 0 Å². The van der Waals surface area contributed by atoms with Gasteiger partial charge in [0.2, 0.25) is 0 Å². The Balaban J connectivity index is 2.45. The molecule has 1 heterocycles. The fraction of sp³-hybridized carbons (Fsp3) is 0.667. The zero-order valence-corrected chi connectivity index (χ0v) is 8.57. The van der Waals surface area contributed by atoms with Crippen LogP contribution in [-0.2, 0) is 13.6 Å². The average Bonchev–Trinajstić information content (AvgIpc) is 2.34. The molecule has 74 valence electrons. The molecule has 13 heavy (non-hydrogen) atoms. The molecular weight excluding hydrogens is 164 g/mol. The Kier molecular flexibility index (Phi) is 3.45. The van der Waals surface area contributed by atoms with Gasteiger partial charge in [-0.15, -0.1) is 0 Å². The van der Waals surface area contributed by atoms with Crippen molar-refractivity contribution in [2.45, 2.75) is 19.5 Å². The first-order valence-electron chi connectivity index (χ1n) is 4.50. The first-order chi connectivity index (χ1) is 6.09. The lowest BCUT2D eigenvalue weighted by Crippen LogP contribution is -2.33. The molecule has 0 aromatic carbocycles. The Morgan fingerprint density at radius 1 is 1.69 bits per heavy atom. The lowest BCUT2D eigenvalue weighted by molar-refractivity contribution is 0.299. The molecule has 0 bridgehead atoms. The summed E-state index contributed by atoms with van der Waals surface area (Å²) in [5.41, 5.74) is 5.69. The zero-order valence-electron chi connectivity index (χ0n) is 8.57. The van der Waals surface area contributed by atoms with Gasteiger partial charge < -0.3 is 10.3 Å². The van der Waals surface area contributed by atoms with E-state index in [9.17, 15) is 0 Å². The first kappa shape index (κ1) is 10.2. The van der Waals surface area contributed by atoms with Gasteiger partial charge in [0.25, 0.3) is 0 Å². The summed E-state index contributed by atoms with van der Waals surface area (Å²) in [6.45, 7) is 3.76. The van der Waals surface area contributed by atoms with Crippen LogP contribution in [0.2, 0.25) is 0 Å². The standard InChI is InChI=1S/C9H18N4/c1-8(10)6-12(2)7-9-11-4-5-13(9)3/h4-5,8H,6-7,10H2,1-3H3/t8-/m0/s1. The smallest absolute Gasteiger partial charge is 0.122 e. The van der Waals surface area contributed by atoms with E-state index in [-0.39, 0.29) is 6.04 Å². The minimum absolute atomic E-state index is 0.213. The Labute approximate surface area is 79.4 Å². The maximum atomic E-state index is 5.69. The normalized spacial score (nSPS) is 13.6. The molecule has 0 amide bonds. The summed E-state index contributed by atoms with van der Waals surface area (Å²) >= 11 is 0. The Morgan fingerprint density at radius 2 is 2.38 bits per heavy atom. The van der Waals surface area contributed by atoms with Gasteiger partial charge in [-0.3, -0.25) is 4.90 Å². The molecule has 1 aromatic rings. The van der Waals surface area contributed by atoms with Gasteiger partial charge in [0.05, 0.1) is 6.54 Å². The third-order valence-electron chi connectivity index (χ3n) is 1.93. The molecular formula is C9H18N4. The zero-order chi connectivity index (χ0) is 9.84. The fourth-order valence-corrected chi connectivity index (χ4v) is 1.35. The summed E-state index contributed by atoms with van der Waals surface area (Å²) in [5.74, 6) is 1.07.